The Bertz CT molecular complexity index is 1100. The number of fused-ring (bicyclic) bond motifs is 2. The van der Waals surface area contributed by atoms with Crippen molar-refractivity contribution in [2.75, 3.05) is 0 Å². The van der Waals surface area contributed by atoms with Gasteiger partial charge in [-0.2, -0.15) is 0 Å². The molecule has 124 valence electrons. The van der Waals surface area contributed by atoms with Gasteiger partial charge in [0, 0.05) is 13.0 Å². The fourth-order valence-corrected chi connectivity index (χ4v) is 4.85. The first-order valence-corrected chi connectivity index (χ1v) is 9.60. The van der Waals surface area contributed by atoms with Crippen LogP contribution in [0.5, 0.6) is 0 Å². The first-order chi connectivity index (χ1) is 12.3. The molecule has 4 rings (SSSR count). The summed E-state index contributed by atoms with van der Waals surface area (Å²) >= 11 is 9.33. The Balaban J connectivity index is 1.73. The van der Waals surface area contributed by atoms with E-state index in [1.54, 1.807) is 17.5 Å². The number of hydrogen-bond acceptors (Lipinski definition) is 6. The zero-order valence-corrected chi connectivity index (χ0v) is 15.4. The minimum atomic E-state index is 0.714. The lowest BCUT2D eigenvalue weighted by Gasteiger charge is -2.05. The smallest absolute Gasteiger partial charge is 0.177 e. The number of thiazole rings is 1. The van der Waals surface area contributed by atoms with E-state index in [4.69, 9.17) is 18.0 Å². The van der Waals surface area contributed by atoms with Crippen LogP contribution in [0.2, 0.25) is 5.02 Å². The molecule has 4 aromatic rings. The predicted molar refractivity (Wildman–Crippen MR) is 102 cm³/mol. The molecule has 3 aromatic heterocycles. The third-order valence-electron chi connectivity index (χ3n) is 3.60. The van der Waals surface area contributed by atoms with Gasteiger partial charge in [0.1, 0.15) is 11.8 Å². The summed E-state index contributed by atoms with van der Waals surface area (Å²) in [5.74, 6) is 2.67. The Labute approximate surface area is 157 Å². The van der Waals surface area contributed by atoms with Gasteiger partial charge in [-0.15, -0.1) is 23.7 Å². The van der Waals surface area contributed by atoms with E-state index in [9.17, 15) is 0 Å². The maximum atomic E-state index is 6.26. The summed E-state index contributed by atoms with van der Waals surface area (Å²) in [6, 6.07) is 5.74. The molecule has 0 aliphatic rings. The fraction of sp³-hybridized carbons (Fsp3) is 0.176. The number of imidazole rings is 1. The molecule has 1 aromatic carbocycles. The Kier molecular flexibility index (Phi) is 4.57. The number of unbranched alkanes of at least 4 members (excludes halogenated alkanes) is 1. The van der Waals surface area contributed by atoms with Crippen molar-refractivity contribution in [1.82, 2.24) is 24.5 Å². The van der Waals surface area contributed by atoms with Gasteiger partial charge >= 0.3 is 0 Å². The summed E-state index contributed by atoms with van der Waals surface area (Å²) in [7, 11) is 0. The van der Waals surface area contributed by atoms with E-state index < -0.39 is 0 Å². The molecule has 0 aliphatic heterocycles. The standard InChI is InChI=1S/C17H12ClN5S2/c1-2-3-4-8-23-15-13(9-19-10-20-15)21-16(23)25-17-22-12-7-5-6-11(18)14(12)24-17/h1,5-7,9-10H,3-4,8H2. The topological polar surface area (TPSA) is 56.5 Å². The van der Waals surface area contributed by atoms with Gasteiger partial charge in [-0.05, 0) is 30.3 Å². The highest BCUT2D eigenvalue weighted by Gasteiger charge is 2.16. The van der Waals surface area contributed by atoms with Crippen molar-refractivity contribution in [3.8, 4) is 12.3 Å². The maximum Gasteiger partial charge on any atom is 0.177 e. The van der Waals surface area contributed by atoms with E-state index in [-0.39, 0.29) is 0 Å². The van der Waals surface area contributed by atoms with Crippen LogP contribution in [0, 0.1) is 12.3 Å². The molecule has 0 spiro atoms. The highest BCUT2D eigenvalue weighted by atomic mass is 35.5. The van der Waals surface area contributed by atoms with Crippen LogP contribution in [-0.4, -0.2) is 24.5 Å². The molecule has 0 fully saturated rings. The normalized spacial score (nSPS) is 11.2. The molecule has 0 atom stereocenters. The molecule has 3 heterocycles. The van der Waals surface area contributed by atoms with Crippen molar-refractivity contribution >= 4 is 56.1 Å². The number of hydrogen-bond donors (Lipinski definition) is 0. The lowest BCUT2D eigenvalue weighted by molar-refractivity contribution is 0.615. The number of aryl methyl sites for hydroxylation is 1. The number of halogens is 1. The third-order valence-corrected chi connectivity index (χ3v) is 6.19. The molecule has 0 saturated heterocycles. The van der Waals surface area contributed by atoms with E-state index in [0.717, 1.165) is 48.9 Å². The first kappa shape index (κ1) is 16.3. The number of aromatic nitrogens is 5. The molecule has 8 heteroatoms. The van der Waals surface area contributed by atoms with Crippen LogP contribution in [0.25, 0.3) is 21.4 Å². The largest absolute Gasteiger partial charge is 0.303 e. The highest BCUT2D eigenvalue weighted by molar-refractivity contribution is 8.01. The molecule has 5 nitrogen and oxygen atoms in total. The van der Waals surface area contributed by atoms with Gasteiger partial charge in [-0.25, -0.2) is 19.9 Å². The Morgan fingerprint density at radius 1 is 1.28 bits per heavy atom. The monoisotopic (exact) mass is 385 g/mol. The van der Waals surface area contributed by atoms with Crippen LogP contribution >= 0.6 is 34.7 Å². The van der Waals surface area contributed by atoms with Gasteiger partial charge in [-0.1, -0.05) is 17.7 Å². The van der Waals surface area contributed by atoms with Crippen LogP contribution in [0.3, 0.4) is 0 Å². The van der Waals surface area contributed by atoms with Crippen molar-refractivity contribution in [2.24, 2.45) is 0 Å². The number of terminal acetylenes is 1. The van der Waals surface area contributed by atoms with E-state index >= 15 is 0 Å². The van der Waals surface area contributed by atoms with Crippen molar-refractivity contribution in [3.05, 3.63) is 35.7 Å². The average molecular weight is 386 g/mol. The third kappa shape index (κ3) is 3.21. The molecule has 0 radical (unpaired) electrons. The Morgan fingerprint density at radius 3 is 3.04 bits per heavy atom. The van der Waals surface area contributed by atoms with Crippen LogP contribution < -0.4 is 0 Å². The average Bonchev–Trinajstić information content (AvgIpc) is 3.18. The van der Waals surface area contributed by atoms with Crippen LogP contribution in [-0.2, 0) is 6.54 Å². The van der Waals surface area contributed by atoms with Gasteiger partial charge in [0.25, 0.3) is 0 Å². The van der Waals surface area contributed by atoms with Gasteiger partial charge in [0.05, 0.1) is 21.4 Å². The zero-order chi connectivity index (χ0) is 17.2. The second kappa shape index (κ2) is 7.00. The highest BCUT2D eigenvalue weighted by Crippen LogP contribution is 2.37. The Hall–Kier alpha value is -2.14. The van der Waals surface area contributed by atoms with E-state index in [1.165, 1.54) is 18.1 Å². The SMILES string of the molecule is C#CCCCn1c(Sc2nc3cccc(Cl)c3s2)nc2cncnc21. The molecule has 0 aliphatic carbocycles. The van der Waals surface area contributed by atoms with E-state index in [1.807, 2.05) is 18.2 Å². The molecular weight excluding hydrogens is 374 g/mol. The molecule has 25 heavy (non-hydrogen) atoms. The van der Waals surface area contributed by atoms with Crippen LogP contribution in [0.1, 0.15) is 12.8 Å². The van der Waals surface area contributed by atoms with Crippen molar-refractivity contribution in [3.63, 3.8) is 0 Å². The number of rotatable bonds is 5. The molecular formula is C17H12ClN5S2. The number of benzene rings is 1. The summed E-state index contributed by atoms with van der Waals surface area (Å²) in [5.41, 5.74) is 2.48. The van der Waals surface area contributed by atoms with Crippen LogP contribution in [0.4, 0.5) is 0 Å². The van der Waals surface area contributed by atoms with E-state index in [0.29, 0.717) is 6.42 Å². The molecule has 0 amide bonds. The van der Waals surface area contributed by atoms with Crippen molar-refractivity contribution in [2.45, 2.75) is 28.9 Å². The lowest BCUT2D eigenvalue weighted by atomic mass is 10.3. The fourth-order valence-electron chi connectivity index (χ4n) is 2.49. The summed E-state index contributed by atoms with van der Waals surface area (Å²) < 4.78 is 3.96. The molecule has 0 unspecified atom stereocenters. The molecule has 0 saturated carbocycles. The van der Waals surface area contributed by atoms with Crippen molar-refractivity contribution < 1.29 is 0 Å². The quantitative estimate of drug-likeness (QED) is 0.369. The number of nitrogens with zero attached hydrogens (tertiary/aromatic N) is 5. The van der Waals surface area contributed by atoms with Crippen LogP contribution in [0.15, 0.2) is 40.2 Å². The maximum absolute atomic E-state index is 6.26. The molecule has 0 bridgehead atoms. The molecule has 0 N–H and O–H groups in total. The van der Waals surface area contributed by atoms with Gasteiger partial charge < -0.3 is 4.57 Å². The second-order valence-electron chi connectivity index (χ2n) is 5.26. The second-order valence-corrected chi connectivity index (χ2v) is 7.88. The summed E-state index contributed by atoms with van der Waals surface area (Å²) in [6.07, 6.45) is 10.2. The van der Waals surface area contributed by atoms with Gasteiger partial charge in [0.15, 0.2) is 15.1 Å². The zero-order valence-electron chi connectivity index (χ0n) is 13.0. The lowest BCUT2D eigenvalue weighted by Crippen LogP contribution is -2.01. The summed E-state index contributed by atoms with van der Waals surface area (Å²) in [4.78, 5) is 17.7. The van der Waals surface area contributed by atoms with Gasteiger partial charge in [0.2, 0.25) is 0 Å². The van der Waals surface area contributed by atoms with E-state index in [2.05, 4.69) is 30.4 Å². The minimum absolute atomic E-state index is 0.714. The summed E-state index contributed by atoms with van der Waals surface area (Å²) in [5, 5.41) is 1.55. The van der Waals surface area contributed by atoms with Gasteiger partial charge in [-0.3, -0.25) is 0 Å². The minimum Gasteiger partial charge on any atom is -0.303 e. The first-order valence-electron chi connectivity index (χ1n) is 7.59. The predicted octanol–water partition coefficient (Wildman–Crippen LogP) is 4.65. The van der Waals surface area contributed by atoms with Crippen molar-refractivity contribution in [1.29, 1.82) is 0 Å². The summed E-state index contributed by atoms with van der Waals surface area (Å²) in [6.45, 7) is 0.756. The Morgan fingerprint density at radius 2 is 2.20 bits per heavy atom.